The lowest BCUT2D eigenvalue weighted by Gasteiger charge is -2.18. The molecule has 2 heterocycles. The van der Waals surface area contributed by atoms with Gasteiger partial charge in [0.1, 0.15) is 19.0 Å². The number of hydrogen-bond donors (Lipinski definition) is 2. The maximum absolute atomic E-state index is 14.4. The summed E-state index contributed by atoms with van der Waals surface area (Å²) in [5.41, 5.74) is 2.65. The van der Waals surface area contributed by atoms with E-state index in [0.717, 1.165) is 16.6 Å². The summed E-state index contributed by atoms with van der Waals surface area (Å²) in [5, 5.41) is 6.09. The number of carbonyl (C=O) groups is 2. The highest BCUT2D eigenvalue weighted by Crippen LogP contribution is 2.31. The van der Waals surface area contributed by atoms with E-state index in [-0.39, 0.29) is 5.69 Å². The third kappa shape index (κ3) is 4.38. The minimum Gasteiger partial charge on any atom is -0.486 e. The molecule has 0 fully saturated rings. The molecule has 0 unspecified atom stereocenters. The maximum atomic E-state index is 14.4. The van der Waals surface area contributed by atoms with E-state index in [0.29, 0.717) is 41.5 Å². The van der Waals surface area contributed by atoms with Crippen molar-refractivity contribution in [2.75, 3.05) is 23.8 Å². The van der Waals surface area contributed by atoms with Crippen LogP contribution in [-0.2, 0) is 0 Å². The number of nitrogens with one attached hydrogen (secondary N) is 2. The normalized spacial score (nSPS) is 12.3. The molecule has 0 bridgehead atoms. The summed E-state index contributed by atoms with van der Waals surface area (Å²) in [5.74, 6) is -0.431. The van der Waals surface area contributed by atoms with Gasteiger partial charge in [-0.3, -0.25) is 14.6 Å². The average molecular weight is 457 g/mol. The molecule has 0 aliphatic carbocycles. The second kappa shape index (κ2) is 8.82. The van der Waals surface area contributed by atoms with Crippen molar-refractivity contribution < 1.29 is 23.5 Å². The first-order chi connectivity index (χ1) is 16.5. The van der Waals surface area contributed by atoms with Gasteiger partial charge in [-0.2, -0.15) is 0 Å². The van der Waals surface area contributed by atoms with Gasteiger partial charge in [-0.25, -0.2) is 4.39 Å². The van der Waals surface area contributed by atoms with Gasteiger partial charge in [-0.1, -0.05) is 6.07 Å². The summed E-state index contributed by atoms with van der Waals surface area (Å²) in [6, 6.07) is 17.7. The molecule has 7 nitrogen and oxygen atoms in total. The number of halogens is 1. The molecule has 0 spiro atoms. The van der Waals surface area contributed by atoms with Crippen LogP contribution in [0.3, 0.4) is 0 Å². The van der Waals surface area contributed by atoms with Gasteiger partial charge in [-0.05, 0) is 67.6 Å². The van der Waals surface area contributed by atoms with Crippen LogP contribution in [0.1, 0.15) is 26.4 Å². The van der Waals surface area contributed by atoms with Gasteiger partial charge in [0.05, 0.1) is 11.2 Å². The van der Waals surface area contributed by atoms with Gasteiger partial charge >= 0.3 is 0 Å². The van der Waals surface area contributed by atoms with E-state index in [1.165, 1.54) is 18.2 Å². The van der Waals surface area contributed by atoms with Crippen molar-refractivity contribution in [3.8, 4) is 11.5 Å². The number of nitrogens with zero attached hydrogens (tertiary/aromatic N) is 1. The highest BCUT2D eigenvalue weighted by atomic mass is 19.1. The minimum atomic E-state index is -0.622. The summed E-state index contributed by atoms with van der Waals surface area (Å²) in [6.07, 6.45) is 0. The van der Waals surface area contributed by atoms with Crippen LogP contribution in [0.15, 0.2) is 66.7 Å². The molecule has 1 aliphatic heterocycles. The Morgan fingerprint density at radius 2 is 1.56 bits per heavy atom. The van der Waals surface area contributed by atoms with Crippen LogP contribution in [0.4, 0.5) is 15.8 Å². The zero-order chi connectivity index (χ0) is 23.7. The van der Waals surface area contributed by atoms with Gasteiger partial charge in [0.25, 0.3) is 11.8 Å². The first-order valence-corrected chi connectivity index (χ1v) is 10.7. The van der Waals surface area contributed by atoms with E-state index in [4.69, 9.17) is 9.47 Å². The average Bonchev–Trinajstić information content (AvgIpc) is 2.85. The Kier molecular flexibility index (Phi) is 5.55. The molecule has 1 aliphatic rings. The van der Waals surface area contributed by atoms with Crippen molar-refractivity contribution in [1.29, 1.82) is 0 Å². The van der Waals surface area contributed by atoms with Crippen LogP contribution in [-0.4, -0.2) is 30.0 Å². The van der Waals surface area contributed by atoms with Crippen molar-refractivity contribution in [1.82, 2.24) is 4.98 Å². The van der Waals surface area contributed by atoms with Crippen molar-refractivity contribution in [3.05, 3.63) is 89.4 Å². The topological polar surface area (TPSA) is 89.6 Å². The molecule has 0 atom stereocenters. The molecule has 2 N–H and O–H groups in total. The second-order valence-electron chi connectivity index (χ2n) is 7.82. The number of pyridine rings is 1. The Hall–Kier alpha value is -4.46. The smallest absolute Gasteiger partial charge is 0.255 e. The number of hydrogen-bond acceptors (Lipinski definition) is 5. The molecule has 3 aromatic carbocycles. The molecular weight excluding hydrogens is 437 g/mol. The number of aromatic nitrogens is 1. The van der Waals surface area contributed by atoms with Crippen LogP contribution in [0.5, 0.6) is 11.5 Å². The Morgan fingerprint density at radius 3 is 2.41 bits per heavy atom. The monoisotopic (exact) mass is 457 g/mol. The van der Waals surface area contributed by atoms with E-state index < -0.39 is 17.6 Å². The Bertz CT molecular complexity index is 1440. The van der Waals surface area contributed by atoms with Crippen molar-refractivity contribution in [2.45, 2.75) is 6.92 Å². The molecular formula is C26H20FN3O4. The van der Waals surface area contributed by atoms with Crippen LogP contribution in [0, 0.1) is 12.7 Å². The lowest BCUT2D eigenvalue weighted by atomic mass is 10.1. The first-order valence-electron chi connectivity index (χ1n) is 10.7. The molecule has 8 heteroatoms. The number of benzene rings is 3. The van der Waals surface area contributed by atoms with Crippen LogP contribution in [0.25, 0.3) is 10.9 Å². The van der Waals surface area contributed by atoms with E-state index in [1.807, 2.05) is 19.1 Å². The van der Waals surface area contributed by atoms with E-state index in [9.17, 15) is 14.0 Å². The number of aryl methyl sites for hydroxylation is 1. The molecule has 5 rings (SSSR count). The zero-order valence-electron chi connectivity index (χ0n) is 18.2. The van der Waals surface area contributed by atoms with E-state index >= 15 is 0 Å². The fourth-order valence-corrected chi connectivity index (χ4v) is 3.65. The Morgan fingerprint density at radius 1 is 0.824 bits per heavy atom. The van der Waals surface area contributed by atoms with Crippen LogP contribution >= 0.6 is 0 Å². The second-order valence-corrected chi connectivity index (χ2v) is 7.82. The van der Waals surface area contributed by atoms with Crippen molar-refractivity contribution >= 4 is 34.1 Å². The highest BCUT2D eigenvalue weighted by molar-refractivity contribution is 6.07. The predicted molar refractivity (Wildman–Crippen MR) is 126 cm³/mol. The molecule has 0 radical (unpaired) electrons. The van der Waals surface area contributed by atoms with Gasteiger partial charge in [0.15, 0.2) is 11.5 Å². The number of rotatable bonds is 4. The predicted octanol–water partition coefficient (Wildman–Crippen LogP) is 4.96. The summed E-state index contributed by atoms with van der Waals surface area (Å²) in [7, 11) is 0. The summed E-state index contributed by atoms with van der Waals surface area (Å²) >= 11 is 0. The Balaban J connectivity index is 1.33. The fourth-order valence-electron chi connectivity index (χ4n) is 3.65. The summed E-state index contributed by atoms with van der Waals surface area (Å²) in [4.78, 5) is 29.9. The van der Waals surface area contributed by atoms with Crippen molar-refractivity contribution in [3.63, 3.8) is 0 Å². The third-order valence-corrected chi connectivity index (χ3v) is 5.37. The lowest BCUT2D eigenvalue weighted by molar-refractivity contribution is 0.101. The number of carbonyl (C=O) groups excluding carboxylic acids is 2. The minimum absolute atomic E-state index is 0.0490. The van der Waals surface area contributed by atoms with Crippen molar-refractivity contribution in [2.24, 2.45) is 0 Å². The van der Waals surface area contributed by atoms with E-state index in [2.05, 4.69) is 15.6 Å². The van der Waals surface area contributed by atoms with Gasteiger partial charge in [-0.15, -0.1) is 0 Å². The molecule has 170 valence electrons. The Labute approximate surface area is 194 Å². The third-order valence-electron chi connectivity index (χ3n) is 5.37. The first kappa shape index (κ1) is 21.4. The quantitative estimate of drug-likeness (QED) is 0.452. The SMILES string of the molecule is Cc1ccc2cc(C(=O)Nc3cc(NC(=O)c4ccc5c(c4)OCCO5)ccc3F)ccc2n1. The maximum Gasteiger partial charge on any atom is 0.255 e. The standard InChI is InChI=1S/C26H20FN3O4/c1-15-2-3-16-12-17(4-8-21(16)28-15)26(32)30-22-14-19(6-7-20(22)27)29-25(31)18-5-9-23-24(13-18)34-11-10-33-23/h2-9,12-14H,10-11H2,1H3,(H,29,31)(H,30,32). The number of amides is 2. The van der Waals surface area contributed by atoms with Crippen LogP contribution < -0.4 is 20.1 Å². The largest absolute Gasteiger partial charge is 0.486 e. The molecule has 4 aromatic rings. The highest BCUT2D eigenvalue weighted by Gasteiger charge is 2.16. The molecule has 2 amide bonds. The van der Waals surface area contributed by atoms with Gasteiger partial charge < -0.3 is 20.1 Å². The fraction of sp³-hybridized carbons (Fsp3) is 0.115. The molecule has 0 saturated carbocycles. The molecule has 0 saturated heterocycles. The van der Waals surface area contributed by atoms with Gasteiger partial charge in [0, 0.05) is 27.9 Å². The molecule has 34 heavy (non-hydrogen) atoms. The van der Waals surface area contributed by atoms with Crippen LogP contribution in [0.2, 0.25) is 0 Å². The summed E-state index contributed by atoms with van der Waals surface area (Å²) < 4.78 is 25.4. The van der Waals surface area contributed by atoms with Gasteiger partial charge in [0.2, 0.25) is 0 Å². The number of fused-ring (bicyclic) bond motifs is 2. The lowest BCUT2D eigenvalue weighted by Crippen LogP contribution is -2.17. The zero-order valence-corrected chi connectivity index (χ0v) is 18.2. The molecule has 1 aromatic heterocycles. The number of ether oxygens (including phenoxy) is 2. The summed E-state index contributed by atoms with van der Waals surface area (Å²) in [6.45, 7) is 2.76. The number of anilines is 2. The van der Waals surface area contributed by atoms with E-state index in [1.54, 1.807) is 36.4 Å².